The smallest absolute Gasteiger partial charge is 0.407 e. The minimum atomic E-state index is -0.622. The minimum Gasteiger partial charge on any atom is -0.462 e. The standard InChI is InChI=1S/C16H22BrN3O5/c1-10(20-15(23)25-16(2,3)4)9-24-13(21)8-19-14(22)12-6-5-11(17)7-18-12/h5-7,10H,8-9H2,1-4H3,(H,19,22)(H,20,23)/t10-/m0/s1. The molecule has 9 heteroatoms. The summed E-state index contributed by atoms with van der Waals surface area (Å²) in [6, 6.07) is 2.77. The number of rotatable bonds is 6. The van der Waals surface area contributed by atoms with Crippen LogP contribution in [0.15, 0.2) is 22.8 Å². The van der Waals surface area contributed by atoms with Crippen LogP contribution >= 0.6 is 15.9 Å². The lowest BCUT2D eigenvalue weighted by molar-refractivity contribution is -0.143. The summed E-state index contributed by atoms with van der Waals surface area (Å²) in [5.74, 6) is -1.10. The van der Waals surface area contributed by atoms with Gasteiger partial charge in [-0.3, -0.25) is 9.59 Å². The number of pyridine rings is 1. The fourth-order valence-electron chi connectivity index (χ4n) is 1.57. The molecular formula is C16H22BrN3O5. The van der Waals surface area contributed by atoms with E-state index in [-0.39, 0.29) is 18.8 Å². The van der Waals surface area contributed by atoms with Gasteiger partial charge in [-0.05, 0) is 55.8 Å². The van der Waals surface area contributed by atoms with Crippen molar-refractivity contribution in [3.8, 4) is 0 Å². The predicted octanol–water partition coefficient (Wildman–Crippen LogP) is 2.03. The maximum atomic E-state index is 11.8. The first-order valence-corrected chi connectivity index (χ1v) is 8.41. The zero-order valence-electron chi connectivity index (χ0n) is 14.6. The number of nitrogens with zero attached hydrogens (tertiary/aromatic N) is 1. The first-order chi connectivity index (χ1) is 11.6. The number of hydrogen-bond donors (Lipinski definition) is 2. The molecule has 0 aliphatic rings. The van der Waals surface area contributed by atoms with Gasteiger partial charge in [-0.15, -0.1) is 0 Å². The van der Waals surface area contributed by atoms with Crippen LogP contribution in [0.2, 0.25) is 0 Å². The topological polar surface area (TPSA) is 107 Å². The third kappa shape index (κ3) is 9.04. The van der Waals surface area contributed by atoms with Gasteiger partial charge in [0.05, 0.1) is 6.04 Å². The monoisotopic (exact) mass is 415 g/mol. The summed E-state index contributed by atoms with van der Waals surface area (Å²) >= 11 is 3.22. The molecule has 138 valence electrons. The number of hydrogen-bond acceptors (Lipinski definition) is 6. The van der Waals surface area contributed by atoms with Crippen molar-refractivity contribution >= 4 is 33.9 Å². The van der Waals surface area contributed by atoms with Crippen molar-refractivity contribution in [1.82, 2.24) is 15.6 Å². The summed E-state index contributed by atoms with van der Waals surface area (Å²) in [7, 11) is 0. The molecule has 0 radical (unpaired) electrons. The number of amides is 2. The van der Waals surface area contributed by atoms with E-state index in [1.807, 2.05) is 0 Å². The van der Waals surface area contributed by atoms with E-state index in [0.717, 1.165) is 4.47 Å². The number of esters is 1. The van der Waals surface area contributed by atoms with Gasteiger partial charge >= 0.3 is 12.1 Å². The molecule has 0 bridgehead atoms. The summed E-state index contributed by atoms with van der Waals surface area (Å²) in [6.07, 6.45) is 0.891. The quantitative estimate of drug-likeness (QED) is 0.688. The number of carbonyl (C=O) groups excluding carboxylic acids is 3. The lowest BCUT2D eigenvalue weighted by Crippen LogP contribution is -2.41. The Morgan fingerprint density at radius 1 is 1.28 bits per heavy atom. The highest BCUT2D eigenvalue weighted by molar-refractivity contribution is 9.10. The number of alkyl carbamates (subject to hydrolysis) is 1. The Morgan fingerprint density at radius 2 is 1.96 bits per heavy atom. The number of halogens is 1. The van der Waals surface area contributed by atoms with Crippen LogP contribution in [0, 0.1) is 0 Å². The second kappa shape index (κ2) is 9.36. The first kappa shape index (κ1) is 20.9. The number of ether oxygens (including phenoxy) is 2. The molecule has 2 amide bonds. The number of carbonyl (C=O) groups is 3. The van der Waals surface area contributed by atoms with Crippen LogP contribution in [0.4, 0.5) is 4.79 Å². The first-order valence-electron chi connectivity index (χ1n) is 7.61. The van der Waals surface area contributed by atoms with Crippen LogP contribution in [0.3, 0.4) is 0 Å². The summed E-state index contributed by atoms with van der Waals surface area (Å²) in [6.45, 7) is 6.59. The lowest BCUT2D eigenvalue weighted by Gasteiger charge is -2.21. The van der Waals surface area contributed by atoms with E-state index < -0.39 is 29.6 Å². The molecule has 0 saturated carbocycles. The lowest BCUT2D eigenvalue weighted by atomic mass is 10.2. The van der Waals surface area contributed by atoms with Gasteiger partial charge in [-0.1, -0.05) is 0 Å². The highest BCUT2D eigenvalue weighted by atomic mass is 79.9. The maximum Gasteiger partial charge on any atom is 0.407 e. The Hall–Kier alpha value is -2.16. The van der Waals surface area contributed by atoms with Gasteiger partial charge in [0.2, 0.25) is 0 Å². The normalized spacial score (nSPS) is 12.0. The highest BCUT2D eigenvalue weighted by Crippen LogP contribution is 2.07. The average Bonchev–Trinajstić information content (AvgIpc) is 2.49. The molecule has 8 nitrogen and oxygen atoms in total. The van der Waals surface area contributed by atoms with Crippen LogP contribution < -0.4 is 10.6 Å². The molecule has 1 rings (SSSR count). The van der Waals surface area contributed by atoms with Gasteiger partial charge < -0.3 is 20.1 Å². The SMILES string of the molecule is C[C@@H](COC(=O)CNC(=O)c1ccc(Br)cn1)NC(=O)OC(C)(C)C. The van der Waals surface area contributed by atoms with Gasteiger partial charge in [0.25, 0.3) is 5.91 Å². The van der Waals surface area contributed by atoms with E-state index in [0.29, 0.717) is 0 Å². The third-order valence-electron chi connectivity index (χ3n) is 2.61. The van der Waals surface area contributed by atoms with Crippen molar-refractivity contribution in [3.05, 3.63) is 28.5 Å². The Labute approximate surface area is 154 Å². The summed E-state index contributed by atoms with van der Waals surface area (Å²) in [5, 5.41) is 4.96. The van der Waals surface area contributed by atoms with Gasteiger partial charge in [0.15, 0.2) is 0 Å². The zero-order valence-corrected chi connectivity index (χ0v) is 16.2. The number of aromatic nitrogens is 1. The van der Waals surface area contributed by atoms with Crippen molar-refractivity contribution in [2.24, 2.45) is 0 Å². The Balaban J connectivity index is 2.29. The molecule has 25 heavy (non-hydrogen) atoms. The molecule has 1 aromatic rings. The van der Waals surface area contributed by atoms with Crippen molar-refractivity contribution in [2.45, 2.75) is 39.3 Å². The van der Waals surface area contributed by atoms with E-state index in [2.05, 4.69) is 31.5 Å². The molecule has 0 aliphatic carbocycles. The van der Waals surface area contributed by atoms with Crippen molar-refractivity contribution < 1.29 is 23.9 Å². The molecule has 0 fully saturated rings. The minimum absolute atomic E-state index is 0.0372. The largest absolute Gasteiger partial charge is 0.462 e. The molecule has 0 spiro atoms. The van der Waals surface area contributed by atoms with Gasteiger partial charge in [-0.2, -0.15) is 0 Å². The van der Waals surface area contributed by atoms with Crippen molar-refractivity contribution in [2.75, 3.05) is 13.2 Å². The molecule has 0 aromatic carbocycles. The molecule has 1 aromatic heterocycles. The van der Waals surface area contributed by atoms with E-state index in [4.69, 9.17) is 9.47 Å². The van der Waals surface area contributed by atoms with Crippen molar-refractivity contribution in [3.63, 3.8) is 0 Å². The number of nitrogens with one attached hydrogen (secondary N) is 2. The third-order valence-corrected chi connectivity index (χ3v) is 3.08. The molecule has 2 N–H and O–H groups in total. The van der Waals surface area contributed by atoms with Gasteiger partial charge in [0.1, 0.15) is 24.4 Å². The molecule has 0 unspecified atom stereocenters. The summed E-state index contributed by atoms with van der Waals surface area (Å²) < 4.78 is 10.8. The fourth-order valence-corrected chi connectivity index (χ4v) is 1.81. The van der Waals surface area contributed by atoms with Crippen LogP contribution in [0.25, 0.3) is 0 Å². The Kier molecular flexibility index (Phi) is 7.82. The van der Waals surface area contributed by atoms with Gasteiger partial charge in [0, 0.05) is 10.7 Å². The fraction of sp³-hybridized carbons (Fsp3) is 0.500. The average molecular weight is 416 g/mol. The second-order valence-corrected chi connectivity index (χ2v) is 7.19. The summed E-state index contributed by atoms with van der Waals surface area (Å²) in [4.78, 5) is 38.9. The van der Waals surface area contributed by atoms with Crippen LogP contribution in [-0.4, -0.2) is 47.7 Å². The van der Waals surface area contributed by atoms with E-state index in [1.54, 1.807) is 33.8 Å². The highest BCUT2D eigenvalue weighted by Gasteiger charge is 2.18. The molecule has 0 aliphatic heterocycles. The molecule has 0 saturated heterocycles. The van der Waals surface area contributed by atoms with E-state index >= 15 is 0 Å². The van der Waals surface area contributed by atoms with E-state index in [1.165, 1.54) is 12.3 Å². The van der Waals surface area contributed by atoms with Crippen LogP contribution in [0.5, 0.6) is 0 Å². The molecule has 1 atom stereocenters. The van der Waals surface area contributed by atoms with Gasteiger partial charge in [-0.25, -0.2) is 9.78 Å². The maximum absolute atomic E-state index is 11.8. The predicted molar refractivity (Wildman–Crippen MR) is 94.1 cm³/mol. The zero-order chi connectivity index (χ0) is 19.0. The molecular weight excluding hydrogens is 394 g/mol. The summed E-state index contributed by atoms with van der Waals surface area (Å²) in [5.41, 5.74) is -0.415. The second-order valence-electron chi connectivity index (χ2n) is 6.27. The van der Waals surface area contributed by atoms with Crippen LogP contribution in [0.1, 0.15) is 38.2 Å². The van der Waals surface area contributed by atoms with E-state index in [9.17, 15) is 14.4 Å². The van der Waals surface area contributed by atoms with Crippen molar-refractivity contribution in [1.29, 1.82) is 0 Å². The molecule has 1 heterocycles. The Bertz CT molecular complexity index is 613. The Morgan fingerprint density at radius 3 is 2.52 bits per heavy atom. The van der Waals surface area contributed by atoms with Crippen LogP contribution in [-0.2, 0) is 14.3 Å².